The number of nitrogens with two attached hydrogens (primary N) is 1. The average Bonchev–Trinajstić information content (AvgIpc) is 2.92. The molecule has 0 aliphatic heterocycles. The van der Waals surface area contributed by atoms with Crippen molar-refractivity contribution < 1.29 is 0 Å². The third-order valence-corrected chi connectivity index (χ3v) is 4.08. The fourth-order valence-corrected chi connectivity index (χ4v) is 3.23. The molecule has 0 amide bonds. The predicted molar refractivity (Wildman–Crippen MR) is 66.4 cm³/mol. The van der Waals surface area contributed by atoms with E-state index in [2.05, 4.69) is 0 Å². The Hall–Kier alpha value is -1.31. The van der Waals surface area contributed by atoms with Gasteiger partial charge >= 0.3 is 0 Å². The molecule has 2 fully saturated rings. The second-order valence-electron chi connectivity index (χ2n) is 5.12. The Kier molecular flexibility index (Phi) is 2.43. The Morgan fingerprint density at radius 3 is 2.56 bits per heavy atom. The van der Waals surface area contributed by atoms with E-state index in [1.54, 1.807) is 0 Å². The van der Waals surface area contributed by atoms with E-state index >= 15 is 0 Å². The molecular weight excluding hydrogens is 196 g/mol. The maximum Gasteiger partial charge on any atom is 0.125 e. The van der Waals surface area contributed by atoms with Crippen molar-refractivity contribution in [2.75, 3.05) is 0 Å². The lowest BCUT2D eigenvalue weighted by atomic mass is 9.96. The molecule has 0 spiro atoms. The minimum absolute atomic E-state index is 0.499. The van der Waals surface area contributed by atoms with Crippen LogP contribution in [-0.4, -0.2) is 11.9 Å². The molecule has 2 saturated carbocycles. The number of amidine groups is 1. The minimum Gasteiger partial charge on any atom is -0.383 e. The molecule has 3 atom stereocenters. The highest BCUT2D eigenvalue weighted by atomic mass is 14.9. The van der Waals surface area contributed by atoms with Crippen molar-refractivity contribution in [1.29, 1.82) is 0 Å². The van der Waals surface area contributed by atoms with Crippen molar-refractivity contribution in [2.24, 2.45) is 22.6 Å². The Morgan fingerprint density at radius 1 is 1.12 bits per heavy atom. The van der Waals surface area contributed by atoms with Gasteiger partial charge in [0.25, 0.3) is 0 Å². The van der Waals surface area contributed by atoms with E-state index in [1.165, 1.54) is 25.7 Å². The largest absolute Gasteiger partial charge is 0.383 e. The molecule has 1 aromatic rings. The first-order chi connectivity index (χ1) is 7.83. The van der Waals surface area contributed by atoms with Gasteiger partial charge in [-0.2, -0.15) is 0 Å². The number of hydrogen-bond donors (Lipinski definition) is 1. The number of hydrogen-bond acceptors (Lipinski definition) is 1. The van der Waals surface area contributed by atoms with Gasteiger partial charge in [0, 0.05) is 5.56 Å². The summed E-state index contributed by atoms with van der Waals surface area (Å²) in [5.41, 5.74) is 7.12. The molecule has 16 heavy (non-hydrogen) atoms. The smallest absolute Gasteiger partial charge is 0.125 e. The van der Waals surface area contributed by atoms with Crippen LogP contribution in [0.5, 0.6) is 0 Å². The summed E-state index contributed by atoms with van der Waals surface area (Å²) in [5, 5.41) is 0. The molecule has 2 nitrogen and oxygen atoms in total. The Bertz CT molecular complexity index is 396. The highest BCUT2D eigenvalue weighted by Gasteiger charge is 2.39. The van der Waals surface area contributed by atoms with Gasteiger partial charge in [-0.3, -0.25) is 4.99 Å². The molecule has 0 saturated heterocycles. The van der Waals surface area contributed by atoms with Crippen molar-refractivity contribution in [1.82, 2.24) is 0 Å². The van der Waals surface area contributed by atoms with Gasteiger partial charge in [-0.1, -0.05) is 36.8 Å². The normalized spacial score (nSPS) is 33.2. The number of rotatable bonds is 2. The summed E-state index contributed by atoms with van der Waals surface area (Å²) in [6, 6.07) is 10.6. The molecule has 0 radical (unpaired) electrons. The summed E-state index contributed by atoms with van der Waals surface area (Å²) < 4.78 is 0. The van der Waals surface area contributed by atoms with E-state index in [0.29, 0.717) is 6.04 Å². The number of fused-ring (bicyclic) bond motifs is 2. The summed E-state index contributed by atoms with van der Waals surface area (Å²) in [7, 11) is 0. The lowest BCUT2D eigenvalue weighted by Crippen LogP contribution is -2.21. The summed E-state index contributed by atoms with van der Waals surface area (Å²) in [6.45, 7) is 0. The molecule has 2 aliphatic rings. The molecule has 2 N–H and O–H groups in total. The van der Waals surface area contributed by atoms with Gasteiger partial charge < -0.3 is 5.73 Å². The first-order valence-electron chi connectivity index (χ1n) is 6.21. The van der Waals surface area contributed by atoms with Crippen LogP contribution in [0.25, 0.3) is 0 Å². The molecule has 2 bridgehead atoms. The standard InChI is InChI=1S/C14H18N2/c15-14(11-4-2-1-3-5-11)16-13-9-10-6-7-12(13)8-10/h1-5,10,12-13H,6-9H2,(H2,15,16). The van der Waals surface area contributed by atoms with E-state index in [-0.39, 0.29) is 0 Å². The highest BCUT2D eigenvalue weighted by Crippen LogP contribution is 2.45. The van der Waals surface area contributed by atoms with Gasteiger partial charge in [-0.05, 0) is 31.1 Å². The van der Waals surface area contributed by atoms with Gasteiger partial charge in [0.2, 0.25) is 0 Å². The zero-order chi connectivity index (χ0) is 11.0. The fourth-order valence-electron chi connectivity index (χ4n) is 3.23. The maximum absolute atomic E-state index is 6.06. The van der Waals surface area contributed by atoms with Gasteiger partial charge in [0.15, 0.2) is 0 Å². The van der Waals surface area contributed by atoms with Crippen LogP contribution in [-0.2, 0) is 0 Å². The van der Waals surface area contributed by atoms with Crippen LogP contribution >= 0.6 is 0 Å². The van der Waals surface area contributed by atoms with E-state index in [4.69, 9.17) is 10.7 Å². The first kappa shape index (κ1) is 9.88. The van der Waals surface area contributed by atoms with Crippen molar-refractivity contribution in [3.63, 3.8) is 0 Å². The zero-order valence-corrected chi connectivity index (χ0v) is 9.47. The van der Waals surface area contributed by atoms with Crippen molar-refractivity contribution >= 4 is 5.84 Å². The summed E-state index contributed by atoms with van der Waals surface area (Å²) >= 11 is 0. The minimum atomic E-state index is 0.499. The summed E-state index contributed by atoms with van der Waals surface area (Å²) in [5.74, 6) is 2.47. The van der Waals surface area contributed by atoms with Gasteiger partial charge in [0.1, 0.15) is 5.84 Å². The van der Waals surface area contributed by atoms with E-state index < -0.39 is 0 Å². The fraction of sp³-hybridized carbons (Fsp3) is 0.500. The molecule has 2 heteroatoms. The van der Waals surface area contributed by atoms with E-state index in [0.717, 1.165) is 23.2 Å². The first-order valence-corrected chi connectivity index (χ1v) is 6.21. The Labute approximate surface area is 96.6 Å². The topological polar surface area (TPSA) is 38.4 Å². The predicted octanol–water partition coefficient (Wildman–Crippen LogP) is 2.58. The average molecular weight is 214 g/mol. The van der Waals surface area contributed by atoms with Crippen LogP contribution in [0, 0.1) is 11.8 Å². The van der Waals surface area contributed by atoms with Crippen LogP contribution in [0.2, 0.25) is 0 Å². The summed E-state index contributed by atoms with van der Waals surface area (Å²) in [4.78, 5) is 4.72. The number of nitrogens with zero attached hydrogens (tertiary/aromatic N) is 1. The van der Waals surface area contributed by atoms with E-state index in [1.807, 2.05) is 30.3 Å². The Morgan fingerprint density at radius 2 is 1.94 bits per heavy atom. The second-order valence-corrected chi connectivity index (χ2v) is 5.12. The third-order valence-electron chi connectivity index (χ3n) is 4.08. The quantitative estimate of drug-likeness (QED) is 0.596. The molecule has 1 aromatic carbocycles. The summed E-state index contributed by atoms with van der Waals surface area (Å²) in [6.07, 6.45) is 5.43. The van der Waals surface area contributed by atoms with Crippen LogP contribution in [0.3, 0.4) is 0 Å². The SMILES string of the molecule is NC(=NC1CC2CCC1C2)c1ccccc1. The molecule has 2 aliphatic carbocycles. The van der Waals surface area contributed by atoms with Gasteiger partial charge in [-0.15, -0.1) is 0 Å². The lowest BCUT2D eigenvalue weighted by molar-refractivity contribution is 0.420. The van der Waals surface area contributed by atoms with Crippen LogP contribution < -0.4 is 5.73 Å². The van der Waals surface area contributed by atoms with Gasteiger partial charge in [-0.25, -0.2) is 0 Å². The highest BCUT2D eigenvalue weighted by molar-refractivity contribution is 5.97. The number of aliphatic imine (C=N–C) groups is 1. The van der Waals surface area contributed by atoms with E-state index in [9.17, 15) is 0 Å². The molecule has 3 rings (SSSR count). The van der Waals surface area contributed by atoms with Crippen LogP contribution in [0.4, 0.5) is 0 Å². The van der Waals surface area contributed by atoms with Crippen molar-refractivity contribution in [3.05, 3.63) is 35.9 Å². The van der Waals surface area contributed by atoms with Crippen LogP contribution in [0.15, 0.2) is 35.3 Å². The molecule has 0 aromatic heterocycles. The molecular formula is C14H18N2. The third kappa shape index (κ3) is 1.73. The number of benzene rings is 1. The van der Waals surface area contributed by atoms with Crippen LogP contribution in [0.1, 0.15) is 31.2 Å². The lowest BCUT2D eigenvalue weighted by Gasteiger charge is -2.18. The second kappa shape index (κ2) is 3.93. The van der Waals surface area contributed by atoms with Crippen molar-refractivity contribution in [3.8, 4) is 0 Å². The van der Waals surface area contributed by atoms with Gasteiger partial charge in [0.05, 0.1) is 6.04 Å². The maximum atomic E-state index is 6.06. The molecule has 3 unspecified atom stereocenters. The Balaban J connectivity index is 1.78. The zero-order valence-electron chi connectivity index (χ0n) is 9.47. The monoisotopic (exact) mass is 214 g/mol. The van der Waals surface area contributed by atoms with Crippen molar-refractivity contribution in [2.45, 2.75) is 31.7 Å². The molecule has 84 valence electrons. The molecule has 0 heterocycles.